The molecule has 154 valence electrons. The number of hydrogen-bond donors (Lipinski definition) is 1. The largest absolute Gasteiger partial charge is 0.490 e. The lowest BCUT2D eigenvalue weighted by Crippen LogP contribution is -2.14. The van der Waals surface area contributed by atoms with Crippen molar-refractivity contribution in [2.45, 2.75) is 26.6 Å². The third-order valence-corrected chi connectivity index (χ3v) is 4.73. The van der Waals surface area contributed by atoms with Gasteiger partial charge in [-0.1, -0.05) is 41.4 Å². The first-order valence-electron chi connectivity index (χ1n) is 9.08. The molecule has 0 spiro atoms. The van der Waals surface area contributed by atoms with Gasteiger partial charge in [0.25, 0.3) is 0 Å². The fraction of sp³-hybridized carbons (Fsp3) is 0.227. The number of rotatable bonds is 9. The van der Waals surface area contributed by atoms with E-state index < -0.39 is 0 Å². The molecule has 7 heteroatoms. The summed E-state index contributed by atoms with van der Waals surface area (Å²) in [4.78, 5) is 4.04. The average molecular weight is 454 g/mol. The van der Waals surface area contributed by atoms with Crippen molar-refractivity contribution in [1.82, 2.24) is 10.3 Å². The highest BCUT2D eigenvalue weighted by Gasteiger charge is 2.12. The Bertz CT molecular complexity index is 908. The topological polar surface area (TPSA) is 43.4 Å². The molecule has 0 aliphatic carbocycles. The van der Waals surface area contributed by atoms with Crippen molar-refractivity contribution in [3.63, 3.8) is 0 Å². The molecule has 0 bridgehead atoms. The van der Waals surface area contributed by atoms with Gasteiger partial charge < -0.3 is 14.8 Å². The molecule has 3 rings (SSSR count). The van der Waals surface area contributed by atoms with E-state index in [1.54, 1.807) is 24.5 Å². The number of nitrogens with zero attached hydrogens (tertiary/aromatic N) is 1. The van der Waals surface area contributed by atoms with Gasteiger partial charge in [-0.05, 0) is 42.8 Å². The molecule has 2 aromatic carbocycles. The number of para-hydroxylation sites is 1. The number of pyridine rings is 1. The molecule has 0 aliphatic rings. The second kappa shape index (κ2) is 11.9. The number of ether oxygens (including phenoxy) is 2. The fourth-order valence-corrected chi connectivity index (χ4v) is 3.23. The van der Waals surface area contributed by atoms with Gasteiger partial charge in [0.05, 0.1) is 6.61 Å². The van der Waals surface area contributed by atoms with Crippen LogP contribution in [-0.4, -0.2) is 11.6 Å². The van der Waals surface area contributed by atoms with Crippen molar-refractivity contribution in [1.29, 1.82) is 0 Å². The smallest absolute Gasteiger partial charge is 0.166 e. The number of nitrogens with one attached hydrogen (secondary N) is 1. The third kappa shape index (κ3) is 6.79. The predicted molar refractivity (Wildman–Crippen MR) is 120 cm³/mol. The Kier molecular flexibility index (Phi) is 9.55. The lowest BCUT2D eigenvalue weighted by molar-refractivity contribution is 0.266. The Labute approximate surface area is 187 Å². The van der Waals surface area contributed by atoms with Crippen LogP contribution in [-0.2, 0) is 19.7 Å². The normalized spacial score (nSPS) is 10.3. The number of aromatic nitrogens is 1. The van der Waals surface area contributed by atoms with Gasteiger partial charge in [0.1, 0.15) is 6.61 Å². The first-order valence-corrected chi connectivity index (χ1v) is 9.84. The van der Waals surface area contributed by atoms with Crippen LogP contribution >= 0.6 is 35.6 Å². The van der Waals surface area contributed by atoms with Gasteiger partial charge in [-0.2, -0.15) is 0 Å². The van der Waals surface area contributed by atoms with Crippen LogP contribution < -0.4 is 14.8 Å². The van der Waals surface area contributed by atoms with E-state index in [4.69, 9.17) is 32.7 Å². The molecule has 3 aromatic rings. The molecular formula is C22H23Cl3N2O2. The molecule has 0 atom stereocenters. The van der Waals surface area contributed by atoms with Crippen LogP contribution in [0.5, 0.6) is 11.5 Å². The molecule has 0 amide bonds. The molecule has 29 heavy (non-hydrogen) atoms. The monoisotopic (exact) mass is 452 g/mol. The van der Waals surface area contributed by atoms with Crippen molar-refractivity contribution in [2.24, 2.45) is 0 Å². The van der Waals surface area contributed by atoms with Crippen LogP contribution in [0.1, 0.15) is 23.6 Å². The molecule has 0 fully saturated rings. The number of benzene rings is 2. The highest BCUT2D eigenvalue weighted by molar-refractivity contribution is 6.35. The minimum atomic E-state index is 0. The maximum atomic E-state index is 6.27. The standard InChI is InChI=1S/C22H22Cl2N2O2.ClH/c1-2-27-21-5-3-4-17(14-26-13-16-8-10-25-11-9-16)22(21)28-15-18-6-7-19(23)12-20(18)24;/h3-12,26H,2,13-15H2,1H3;1H. The lowest BCUT2D eigenvalue weighted by atomic mass is 10.1. The molecule has 0 radical (unpaired) electrons. The maximum absolute atomic E-state index is 6.27. The van der Waals surface area contributed by atoms with E-state index in [1.165, 1.54) is 5.56 Å². The van der Waals surface area contributed by atoms with E-state index in [1.807, 2.05) is 43.3 Å². The van der Waals surface area contributed by atoms with Gasteiger partial charge in [0.15, 0.2) is 11.5 Å². The van der Waals surface area contributed by atoms with E-state index in [0.29, 0.717) is 29.8 Å². The summed E-state index contributed by atoms with van der Waals surface area (Å²) in [6, 6.07) is 15.3. The third-order valence-electron chi connectivity index (χ3n) is 4.14. The molecule has 4 nitrogen and oxygen atoms in total. The Balaban J connectivity index is 0.00000300. The van der Waals surface area contributed by atoms with Crippen molar-refractivity contribution >= 4 is 35.6 Å². The average Bonchev–Trinajstić information content (AvgIpc) is 2.70. The summed E-state index contributed by atoms with van der Waals surface area (Å²) in [6.45, 7) is 4.23. The van der Waals surface area contributed by atoms with Crippen LogP contribution in [0.3, 0.4) is 0 Å². The zero-order valence-corrected chi connectivity index (χ0v) is 18.4. The summed E-state index contributed by atoms with van der Waals surface area (Å²) in [7, 11) is 0. The zero-order chi connectivity index (χ0) is 19.8. The van der Waals surface area contributed by atoms with Crippen LogP contribution in [0.15, 0.2) is 60.9 Å². The van der Waals surface area contributed by atoms with Gasteiger partial charge in [-0.15, -0.1) is 12.4 Å². The van der Waals surface area contributed by atoms with E-state index in [-0.39, 0.29) is 12.4 Å². The highest BCUT2D eigenvalue weighted by Crippen LogP contribution is 2.33. The summed E-state index contributed by atoms with van der Waals surface area (Å²) < 4.78 is 11.9. The van der Waals surface area contributed by atoms with Gasteiger partial charge in [-0.25, -0.2) is 0 Å². The van der Waals surface area contributed by atoms with E-state index in [0.717, 1.165) is 29.2 Å². The van der Waals surface area contributed by atoms with Gasteiger partial charge in [-0.3, -0.25) is 4.98 Å². The minimum absolute atomic E-state index is 0. The predicted octanol–water partition coefficient (Wildman–Crippen LogP) is 6.08. The fourth-order valence-electron chi connectivity index (χ4n) is 2.76. The molecule has 1 heterocycles. The second-order valence-electron chi connectivity index (χ2n) is 6.16. The van der Waals surface area contributed by atoms with Gasteiger partial charge in [0.2, 0.25) is 0 Å². The van der Waals surface area contributed by atoms with Crippen molar-refractivity contribution in [2.75, 3.05) is 6.61 Å². The van der Waals surface area contributed by atoms with Crippen LogP contribution in [0, 0.1) is 0 Å². The molecule has 0 aliphatic heterocycles. The summed E-state index contributed by atoms with van der Waals surface area (Å²) in [5, 5.41) is 4.62. The van der Waals surface area contributed by atoms with Crippen molar-refractivity contribution < 1.29 is 9.47 Å². The summed E-state index contributed by atoms with van der Waals surface area (Å²) in [5.74, 6) is 1.44. The maximum Gasteiger partial charge on any atom is 0.166 e. The Hall–Kier alpha value is -1.98. The Morgan fingerprint density at radius 1 is 0.931 bits per heavy atom. The highest BCUT2D eigenvalue weighted by atomic mass is 35.5. The zero-order valence-electron chi connectivity index (χ0n) is 16.0. The second-order valence-corrected chi connectivity index (χ2v) is 7.00. The number of halogens is 3. The molecule has 0 saturated carbocycles. The minimum Gasteiger partial charge on any atom is -0.490 e. The summed E-state index contributed by atoms with van der Waals surface area (Å²) >= 11 is 12.3. The Morgan fingerprint density at radius 2 is 1.72 bits per heavy atom. The summed E-state index contributed by atoms with van der Waals surface area (Å²) in [6.07, 6.45) is 3.58. The lowest BCUT2D eigenvalue weighted by Gasteiger charge is -2.17. The first-order chi connectivity index (χ1) is 13.7. The van der Waals surface area contributed by atoms with Crippen molar-refractivity contribution in [3.05, 3.63) is 87.7 Å². The molecule has 1 aromatic heterocycles. The molecular weight excluding hydrogens is 431 g/mol. The quantitative estimate of drug-likeness (QED) is 0.426. The van der Waals surface area contributed by atoms with Crippen molar-refractivity contribution in [3.8, 4) is 11.5 Å². The van der Waals surface area contributed by atoms with E-state index in [2.05, 4.69) is 10.3 Å². The SMILES string of the molecule is CCOc1cccc(CNCc2ccncc2)c1OCc1ccc(Cl)cc1Cl.Cl. The first kappa shape index (κ1) is 23.3. The van der Waals surface area contributed by atoms with Gasteiger partial charge in [0, 0.05) is 46.7 Å². The Morgan fingerprint density at radius 3 is 2.45 bits per heavy atom. The van der Waals surface area contributed by atoms with Crippen LogP contribution in [0.25, 0.3) is 0 Å². The number of hydrogen-bond acceptors (Lipinski definition) is 4. The van der Waals surface area contributed by atoms with Gasteiger partial charge >= 0.3 is 0 Å². The van der Waals surface area contributed by atoms with E-state index >= 15 is 0 Å². The van der Waals surface area contributed by atoms with Crippen LogP contribution in [0.2, 0.25) is 10.0 Å². The molecule has 1 N–H and O–H groups in total. The van der Waals surface area contributed by atoms with Crippen LogP contribution in [0.4, 0.5) is 0 Å². The van der Waals surface area contributed by atoms with E-state index in [9.17, 15) is 0 Å². The molecule has 0 unspecified atom stereocenters. The molecule has 0 saturated heterocycles. The summed E-state index contributed by atoms with van der Waals surface area (Å²) in [5.41, 5.74) is 3.06.